The maximum Gasteiger partial charge on any atom is 0.322 e. The second-order valence-electron chi connectivity index (χ2n) is 13.9. The summed E-state index contributed by atoms with van der Waals surface area (Å²) in [6.07, 6.45) is 44.8. The molecule has 0 heterocycles. The Labute approximate surface area is 296 Å². The first-order chi connectivity index (χ1) is 23.5. The van der Waals surface area contributed by atoms with Gasteiger partial charge in [0.1, 0.15) is 12.6 Å². The van der Waals surface area contributed by atoms with Gasteiger partial charge in [0.15, 0.2) is 0 Å². The summed E-state index contributed by atoms with van der Waals surface area (Å²) in [5.41, 5.74) is 0. The normalized spacial score (nSPS) is 12.2. The van der Waals surface area contributed by atoms with Crippen LogP contribution in [0.25, 0.3) is 0 Å². The molecule has 0 aromatic carbocycles. The quantitative estimate of drug-likeness (QED) is 0.0388. The van der Waals surface area contributed by atoms with Crippen LogP contribution in [0.1, 0.15) is 213 Å². The molecular formula is C42H77NO5. The van der Waals surface area contributed by atoms with E-state index in [1.54, 1.807) is 0 Å². The first-order valence-corrected chi connectivity index (χ1v) is 20.5. The van der Waals surface area contributed by atoms with Gasteiger partial charge >= 0.3 is 11.9 Å². The minimum Gasteiger partial charge on any atom is -0.480 e. The van der Waals surface area contributed by atoms with Crippen molar-refractivity contribution in [1.29, 1.82) is 0 Å². The van der Waals surface area contributed by atoms with Crippen LogP contribution in [-0.4, -0.2) is 35.6 Å². The van der Waals surface area contributed by atoms with E-state index >= 15 is 0 Å². The molecule has 0 fully saturated rings. The topological polar surface area (TPSA) is 92.7 Å². The average Bonchev–Trinajstić information content (AvgIpc) is 3.07. The fraction of sp³-hybridized carbons (Fsp3) is 0.833. The van der Waals surface area contributed by atoms with Crippen LogP contribution in [-0.2, 0) is 19.1 Å². The Morgan fingerprint density at radius 3 is 1.46 bits per heavy atom. The highest BCUT2D eigenvalue weighted by Crippen LogP contribution is 2.18. The molecule has 0 bridgehead atoms. The van der Waals surface area contributed by atoms with E-state index in [2.05, 4.69) is 43.5 Å². The summed E-state index contributed by atoms with van der Waals surface area (Å²) in [7, 11) is 0. The van der Waals surface area contributed by atoms with Crippen molar-refractivity contribution in [3.05, 3.63) is 24.3 Å². The number of esters is 1. The zero-order valence-electron chi connectivity index (χ0n) is 31.6. The summed E-state index contributed by atoms with van der Waals surface area (Å²) < 4.78 is 5.91. The van der Waals surface area contributed by atoms with Gasteiger partial charge in [0.05, 0.1) is 0 Å². The van der Waals surface area contributed by atoms with E-state index in [0.29, 0.717) is 12.8 Å². The number of hydrogen-bond acceptors (Lipinski definition) is 4. The number of hydrogen-bond donors (Lipinski definition) is 2. The highest BCUT2D eigenvalue weighted by molar-refractivity contribution is 5.80. The van der Waals surface area contributed by atoms with Gasteiger partial charge in [0.2, 0.25) is 5.91 Å². The molecule has 0 spiro atoms. The predicted molar refractivity (Wildman–Crippen MR) is 203 cm³/mol. The van der Waals surface area contributed by atoms with Gasteiger partial charge in [-0.1, -0.05) is 154 Å². The number of aliphatic carboxylic acids is 1. The lowest BCUT2D eigenvalue weighted by Crippen LogP contribution is -2.28. The molecule has 1 atom stereocenters. The second kappa shape index (κ2) is 37.7. The van der Waals surface area contributed by atoms with Gasteiger partial charge in [-0.2, -0.15) is 0 Å². The summed E-state index contributed by atoms with van der Waals surface area (Å²) in [6, 6.07) is 0. The standard InChI is InChI=1S/C42H77NO5/c1-3-5-7-9-10-11-12-13-14-15-16-17-18-19-20-21-22-23-24-25-26-27-33-37-42(47)48-39(34-30-8-6-4-2)35-31-28-29-32-36-40(44)43-38-41(45)46/h12-13,15-16,39H,3-11,14,17-38H2,1-2H3,(H,43,44)(H,45,46)/b13-12-,16-15-. The predicted octanol–water partition coefficient (Wildman–Crippen LogP) is 12.3. The van der Waals surface area contributed by atoms with Crippen LogP contribution in [0, 0.1) is 0 Å². The zero-order chi connectivity index (χ0) is 35.2. The molecule has 1 unspecified atom stereocenters. The minimum atomic E-state index is -1.02. The molecule has 0 aromatic rings. The number of nitrogens with one attached hydrogen (secondary N) is 1. The van der Waals surface area contributed by atoms with Gasteiger partial charge in [-0.15, -0.1) is 0 Å². The van der Waals surface area contributed by atoms with Crippen LogP contribution in [0.5, 0.6) is 0 Å². The van der Waals surface area contributed by atoms with Crippen molar-refractivity contribution in [2.45, 2.75) is 219 Å². The molecular weight excluding hydrogens is 598 g/mol. The Morgan fingerprint density at radius 1 is 0.542 bits per heavy atom. The van der Waals surface area contributed by atoms with Crippen LogP contribution >= 0.6 is 0 Å². The van der Waals surface area contributed by atoms with Crippen molar-refractivity contribution in [3.8, 4) is 0 Å². The van der Waals surface area contributed by atoms with Gasteiger partial charge in [-0.25, -0.2) is 0 Å². The fourth-order valence-electron chi connectivity index (χ4n) is 6.07. The fourth-order valence-corrected chi connectivity index (χ4v) is 6.07. The molecule has 0 radical (unpaired) electrons. The largest absolute Gasteiger partial charge is 0.480 e. The molecule has 0 aromatic heterocycles. The number of amides is 1. The summed E-state index contributed by atoms with van der Waals surface area (Å²) in [5, 5.41) is 11.0. The molecule has 0 aliphatic heterocycles. The Kier molecular flexibility index (Phi) is 36.0. The second-order valence-corrected chi connectivity index (χ2v) is 13.9. The number of rotatable bonds is 37. The molecule has 0 rings (SSSR count). The van der Waals surface area contributed by atoms with E-state index in [4.69, 9.17) is 9.84 Å². The van der Waals surface area contributed by atoms with Crippen LogP contribution in [0.15, 0.2) is 24.3 Å². The number of carbonyl (C=O) groups excluding carboxylic acids is 2. The molecule has 0 saturated heterocycles. The van der Waals surface area contributed by atoms with E-state index in [1.165, 1.54) is 122 Å². The minimum absolute atomic E-state index is 0.00616. The molecule has 1 amide bonds. The maximum atomic E-state index is 12.6. The van der Waals surface area contributed by atoms with Crippen molar-refractivity contribution >= 4 is 17.8 Å². The monoisotopic (exact) mass is 676 g/mol. The molecule has 6 nitrogen and oxygen atoms in total. The van der Waals surface area contributed by atoms with Gasteiger partial charge in [-0.05, 0) is 70.6 Å². The number of carboxylic acid groups (broad SMARTS) is 1. The van der Waals surface area contributed by atoms with E-state index in [1.807, 2.05) is 0 Å². The smallest absolute Gasteiger partial charge is 0.322 e. The van der Waals surface area contributed by atoms with Crippen LogP contribution in [0.3, 0.4) is 0 Å². The highest BCUT2D eigenvalue weighted by Gasteiger charge is 2.14. The maximum absolute atomic E-state index is 12.6. The third-order valence-corrected chi connectivity index (χ3v) is 9.13. The third kappa shape index (κ3) is 36.7. The number of ether oxygens (including phenoxy) is 1. The SMILES string of the molecule is CCCCCCC/C=C\C/C=C\CCCCCCCCCCCCCC(=O)OC(CCCCCC)CCCCCCC(=O)NCC(=O)O. The number of carboxylic acids is 1. The van der Waals surface area contributed by atoms with Gasteiger partial charge < -0.3 is 15.2 Å². The van der Waals surface area contributed by atoms with E-state index in [0.717, 1.165) is 64.2 Å². The summed E-state index contributed by atoms with van der Waals surface area (Å²) >= 11 is 0. The Balaban J connectivity index is 3.74. The van der Waals surface area contributed by atoms with Crippen molar-refractivity contribution in [1.82, 2.24) is 5.32 Å². The van der Waals surface area contributed by atoms with Crippen LogP contribution < -0.4 is 5.32 Å². The van der Waals surface area contributed by atoms with Crippen molar-refractivity contribution in [2.24, 2.45) is 0 Å². The van der Waals surface area contributed by atoms with Crippen LogP contribution in [0.4, 0.5) is 0 Å². The highest BCUT2D eigenvalue weighted by atomic mass is 16.5. The Morgan fingerprint density at radius 2 is 0.958 bits per heavy atom. The number of unbranched alkanes of at least 4 members (excludes halogenated alkanes) is 22. The van der Waals surface area contributed by atoms with Gasteiger partial charge in [0.25, 0.3) is 0 Å². The van der Waals surface area contributed by atoms with Crippen molar-refractivity contribution < 1.29 is 24.2 Å². The molecule has 48 heavy (non-hydrogen) atoms. The van der Waals surface area contributed by atoms with E-state index < -0.39 is 5.97 Å². The molecule has 0 aliphatic carbocycles. The molecule has 0 aliphatic rings. The Bertz CT molecular complexity index is 793. The van der Waals surface area contributed by atoms with Gasteiger partial charge in [0, 0.05) is 12.8 Å². The van der Waals surface area contributed by atoms with Gasteiger partial charge in [-0.3, -0.25) is 14.4 Å². The molecule has 2 N–H and O–H groups in total. The van der Waals surface area contributed by atoms with Crippen LogP contribution in [0.2, 0.25) is 0 Å². The summed E-state index contributed by atoms with van der Waals surface area (Å²) in [5.74, 6) is -1.27. The first-order valence-electron chi connectivity index (χ1n) is 20.5. The molecule has 280 valence electrons. The first kappa shape index (κ1) is 45.9. The molecule has 6 heteroatoms. The van der Waals surface area contributed by atoms with Crippen molar-refractivity contribution in [2.75, 3.05) is 6.54 Å². The third-order valence-electron chi connectivity index (χ3n) is 9.13. The average molecular weight is 676 g/mol. The lowest BCUT2D eigenvalue weighted by Gasteiger charge is -2.18. The summed E-state index contributed by atoms with van der Waals surface area (Å²) in [6.45, 7) is 4.16. The van der Waals surface area contributed by atoms with E-state index in [-0.39, 0.29) is 24.5 Å². The summed E-state index contributed by atoms with van der Waals surface area (Å²) in [4.78, 5) is 34.7. The molecule has 0 saturated carbocycles. The zero-order valence-corrected chi connectivity index (χ0v) is 31.6. The number of carbonyl (C=O) groups is 3. The number of allylic oxidation sites excluding steroid dienone is 4. The van der Waals surface area contributed by atoms with Crippen molar-refractivity contribution in [3.63, 3.8) is 0 Å². The lowest BCUT2D eigenvalue weighted by atomic mass is 10.0. The van der Waals surface area contributed by atoms with E-state index in [9.17, 15) is 14.4 Å². The Hall–Kier alpha value is -2.11. The lowest BCUT2D eigenvalue weighted by molar-refractivity contribution is -0.150.